The van der Waals surface area contributed by atoms with Gasteiger partial charge < -0.3 is 29.9 Å². The van der Waals surface area contributed by atoms with E-state index in [2.05, 4.69) is 5.32 Å². The topological polar surface area (TPSA) is 125 Å². The first-order valence-electron chi connectivity index (χ1n) is 11.6. The number of aliphatic hydroxyl groups is 1. The summed E-state index contributed by atoms with van der Waals surface area (Å²) < 4.78 is 10.8. The van der Waals surface area contributed by atoms with E-state index in [9.17, 15) is 24.6 Å². The molecule has 2 amide bonds. The van der Waals surface area contributed by atoms with Crippen LogP contribution in [0.25, 0.3) is 11.1 Å². The number of alkyl carbamates (subject to hydrolysis) is 1. The second-order valence-corrected chi connectivity index (χ2v) is 9.34. The Morgan fingerprint density at radius 1 is 1.06 bits per heavy atom. The predicted molar refractivity (Wildman–Crippen MR) is 127 cm³/mol. The summed E-state index contributed by atoms with van der Waals surface area (Å²) >= 11 is 0. The molecule has 1 aliphatic carbocycles. The average molecular weight is 483 g/mol. The van der Waals surface area contributed by atoms with Gasteiger partial charge in [-0.15, -0.1) is 0 Å². The Kier molecular flexibility index (Phi) is 6.82. The molecule has 1 atom stereocenters. The van der Waals surface area contributed by atoms with Crippen molar-refractivity contribution < 1.29 is 34.1 Å². The first-order chi connectivity index (χ1) is 16.7. The fourth-order valence-electron chi connectivity index (χ4n) is 4.94. The van der Waals surface area contributed by atoms with E-state index >= 15 is 0 Å². The molecule has 1 fully saturated rings. The van der Waals surface area contributed by atoms with Crippen molar-refractivity contribution in [2.75, 3.05) is 33.4 Å². The number of hydrogen-bond donors (Lipinski definition) is 3. The van der Waals surface area contributed by atoms with Crippen LogP contribution in [-0.2, 0) is 19.1 Å². The van der Waals surface area contributed by atoms with Crippen LogP contribution >= 0.6 is 0 Å². The van der Waals surface area contributed by atoms with E-state index in [4.69, 9.17) is 9.47 Å². The molecule has 2 aromatic carbocycles. The number of amides is 2. The van der Waals surface area contributed by atoms with E-state index in [1.807, 2.05) is 48.5 Å². The molecule has 9 heteroatoms. The van der Waals surface area contributed by atoms with Crippen molar-refractivity contribution in [3.05, 3.63) is 59.7 Å². The molecule has 0 saturated carbocycles. The number of carboxylic acids is 1. The van der Waals surface area contributed by atoms with Crippen LogP contribution in [0.3, 0.4) is 0 Å². The lowest BCUT2D eigenvalue weighted by atomic mass is 9.90. The van der Waals surface area contributed by atoms with Crippen LogP contribution in [0.15, 0.2) is 48.5 Å². The van der Waals surface area contributed by atoms with Crippen molar-refractivity contribution in [1.82, 2.24) is 10.2 Å². The second-order valence-electron chi connectivity index (χ2n) is 9.34. The van der Waals surface area contributed by atoms with Crippen molar-refractivity contribution in [1.29, 1.82) is 0 Å². The number of aliphatic carboxylic acids is 1. The summed E-state index contributed by atoms with van der Waals surface area (Å²) in [7, 11) is 1.42. The second kappa shape index (κ2) is 9.67. The smallest absolute Gasteiger partial charge is 0.408 e. The molecule has 1 heterocycles. The van der Waals surface area contributed by atoms with Crippen LogP contribution in [0.4, 0.5) is 4.79 Å². The van der Waals surface area contributed by atoms with E-state index in [0.29, 0.717) is 0 Å². The Balaban J connectivity index is 1.42. The highest BCUT2D eigenvalue weighted by atomic mass is 16.5. The highest BCUT2D eigenvalue weighted by Crippen LogP contribution is 2.44. The number of methoxy groups -OCH3 is 1. The lowest BCUT2D eigenvalue weighted by Gasteiger charge is -2.40. The number of hydrogen-bond acceptors (Lipinski definition) is 6. The lowest BCUT2D eigenvalue weighted by Crippen LogP contribution is -2.63. The summed E-state index contributed by atoms with van der Waals surface area (Å²) in [5.74, 6) is -1.85. The van der Waals surface area contributed by atoms with Crippen LogP contribution < -0.4 is 5.32 Å². The van der Waals surface area contributed by atoms with Gasteiger partial charge in [0.1, 0.15) is 12.1 Å². The number of nitrogens with one attached hydrogen (secondary N) is 1. The van der Waals surface area contributed by atoms with Gasteiger partial charge in [0.25, 0.3) is 5.91 Å². The number of likely N-dealkylation sites (tertiary alicyclic amines) is 1. The minimum Gasteiger partial charge on any atom is -0.479 e. The summed E-state index contributed by atoms with van der Waals surface area (Å²) in [6.07, 6.45) is -0.941. The van der Waals surface area contributed by atoms with Crippen LogP contribution in [0.5, 0.6) is 0 Å². The maximum atomic E-state index is 13.3. The van der Waals surface area contributed by atoms with Crippen molar-refractivity contribution in [2.24, 2.45) is 0 Å². The number of carbonyl (C=O) groups is 3. The summed E-state index contributed by atoms with van der Waals surface area (Å²) in [4.78, 5) is 38.8. The first-order valence-corrected chi connectivity index (χ1v) is 11.6. The maximum absolute atomic E-state index is 13.3. The molecule has 0 aromatic heterocycles. The zero-order valence-electron chi connectivity index (χ0n) is 19.8. The summed E-state index contributed by atoms with van der Waals surface area (Å²) in [6, 6.07) is 16.0. The number of fused-ring (bicyclic) bond motifs is 3. The molecule has 2 aliphatic rings. The van der Waals surface area contributed by atoms with Crippen LogP contribution in [0.1, 0.15) is 36.8 Å². The van der Waals surface area contributed by atoms with Crippen molar-refractivity contribution in [3.8, 4) is 11.1 Å². The summed E-state index contributed by atoms with van der Waals surface area (Å²) in [5.41, 5.74) is 1.11. The van der Waals surface area contributed by atoms with Crippen LogP contribution in [0, 0.1) is 0 Å². The number of carbonyl (C=O) groups excluding carboxylic acids is 2. The van der Waals surface area contributed by atoms with Crippen molar-refractivity contribution in [2.45, 2.75) is 36.8 Å². The normalized spacial score (nSPS) is 18.2. The summed E-state index contributed by atoms with van der Waals surface area (Å²) in [6.45, 7) is 1.64. The van der Waals surface area contributed by atoms with Gasteiger partial charge in [0.2, 0.25) is 0 Å². The molecule has 3 N–H and O–H groups in total. The largest absolute Gasteiger partial charge is 0.479 e. The molecule has 1 saturated heterocycles. The van der Waals surface area contributed by atoms with Gasteiger partial charge in [0, 0.05) is 39.0 Å². The third-order valence-electron chi connectivity index (χ3n) is 6.90. The summed E-state index contributed by atoms with van der Waals surface area (Å²) in [5, 5.41) is 22.0. The van der Waals surface area contributed by atoms with E-state index in [0.717, 1.165) is 22.3 Å². The molecular weight excluding hydrogens is 452 g/mol. The maximum Gasteiger partial charge on any atom is 0.408 e. The third-order valence-corrected chi connectivity index (χ3v) is 6.90. The van der Waals surface area contributed by atoms with Gasteiger partial charge >= 0.3 is 12.1 Å². The fraction of sp³-hybridized carbons (Fsp3) is 0.423. The van der Waals surface area contributed by atoms with Crippen molar-refractivity contribution >= 4 is 18.0 Å². The minimum atomic E-state index is -1.85. The number of ether oxygens (including phenoxy) is 2. The van der Waals surface area contributed by atoms with E-state index < -0.39 is 29.1 Å². The van der Waals surface area contributed by atoms with E-state index in [1.54, 1.807) is 0 Å². The molecule has 1 aliphatic heterocycles. The molecular formula is C26H30N2O7. The van der Waals surface area contributed by atoms with Gasteiger partial charge in [-0.1, -0.05) is 48.5 Å². The van der Waals surface area contributed by atoms with Gasteiger partial charge in [-0.2, -0.15) is 0 Å². The Morgan fingerprint density at radius 2 is 1.60 bits per heavy atom. The zero-order valence-corrected chi connectivity index (χ0v) is 19.8. The molecule has 0 bridgehead atoms. The zero-order chi connectivity index (χ0) is 25.2. The van der Waals surface area contributed by atoms with E-state index in [1.165, 1.54) is 18.9 Å². The average Bonchev–Trinajstić information content (AvgIpc) is 3.16. The fourth-order valence-corrected chi connectivity index (χ4v) is 4.94. The highest BCUT2D eigenvalue weighted by molar-refractivity contribution is 5.90. The molecule has 186 valence electrons. The number of piperidine rings is 1. The Morgan fingerprint density at radius 3 is 2.11 bits per heavy atom. The van der Waals surface area contributed by atoms with Crippen LogP contribution in [-0.4, -0.2) is 77.6 Å². The van der Waals surface area contributed by atoms with Gasteiger partial charge in [0.05, 0.1) is 6.61 Å². The monoisotopic (exact) mass is 482 g/mol. The van der Waals surface area contributed by atoms with E-state index in [-0.39, 0.29) is 45.1 Å². The van der Waals surface area contributed by atoms with Crippen LogP contribution in [0.2, 0.25) is 0 Å². The van der Waals surface area contributed by atoms with Gasteiger partial charge in [-0.25, -0.2) is 9.59 Å². The Labute approximate surface area is 203 Å². The molecule has 9 nitrogen and oxygen atoms in total. The highest BCUT2D eigenvalue weighted by Gasteiger charge is 2.45. The molecule has 4 rings (SSSR count). The minimum absolute atomic E-state index is 0.0489. The standard InChI is InChI=1S/C26H30N2O7/c1-25(16-34-2,22(29)28-13-11-26(33,12-14-28)23(30)31)27-24(32)35-15-21-19-9-5-3-7-17(19)18-8-4-6-10-20(18)21/h3-10,21,33H,11-16H2,1-2H3,(H,27,32)(H,30,31). The predicted octanol–water partition coefficient (Wildman–Crippen LogP) is 2.37. The molecule has 0 spiro atoms. The molecule has 35 heavy (non-hydrogen) atoms. The molecule has 0 radical (unpaired) electrons. The Bertz CT molecular complexity index is 1080. The molecule has 2 aromatic rings. The van der Waals surface area contributed by atoms with Gasteiger partial charge in [-0.3, -0.25) is 4.79 Å². The number of rotatable bonds is 7. The van der Waals surface area contributed by atoms with Gasteiger partial charge in [-0.05, 0) is 29.2 Å². The number of nitrogens with zero attached hydrogens (tertiary/aromatic N) is 1. The SMILES string of the molecule is COCC(C)(NC(=O)OCC1c2ccccc2-c2ccccc21)C(=O)N1CCC(O)(C(=O)O)CC1. The third kappa shape index (κ3) is 4.74. The van der Waals surface area contributed by atoms with Gasteiger partial charge in [0.15, 0.2) is 5.60 Å². The number of carboxylic acid groups (broad SMARTS) is 1. The van der Waals surface area contributed by atoms with Crippen molar-refractivity contribution in [3.63, 3.8) is 0 Å². The first kappa shape index (κ1) is 24.7. The number of benzene rings is 2. The molecule has 1 unspecified atom stereocenters. The Hall–Kier alpha value is -3.43. The lowest BCUT2D eigenvalue weighted by molar-refractivity contribution is -0.166. The quantitative estimate of drug-likeness (QED) is 0.553.